The average Bonchev–Trinajstić information content (AvgIpc) is 2.60. The van der Waals surface area contributed by atoms with Crippen LogP contribution in [-0.4, -0.2) is 26.8 Å². The highest BCUT2D eigenvalue weighted by Crippen LogP contribution is 2.17. The van der Waals surface area contributed by atoms with Gasteiger partial charge in [0.05, 0.1) is 0 Å². The highest BCUT2D eigenvalue weighted by Gasteiger charge is 2.06. The first-order valence-electron chi connectivity index (χ1n) is 4.93. The van der Waals surface area contributed by atoms with Crippen molar-refractivity contribution < 1.29 is 4.79 Å². The second-order valence-corrected chi connectivity index (χ2v) is 4.64. The molecule has 0 bridgehead atoms. The van der Waals surface area contributed by atoms with Crippen LogP contribution in [0.5, 0.6) is 0 Å². The van der Waals surface area contributed by atoms with Gasteiger partial charge in [0.25, 0.3) is 0 Å². The molecule has 0 aliphatic rings. The molecule has 5 nitrogen and oxygen atoms in total. The molecule has 0 radical (unpaired) electrons. The Hall–Kier alpha value is -1.04. The summed E-state index contributed by atoms with van der Waals surface area (Å²) in [4.78, 5) is 14.8. The Balaban J connectivity index is 2.28. The van der Waals surface area contributed by atoms with Crippen LogP contribution in [0.1, 0.15) is 38.4 Å². The maximum atomic E-state index is 10.5. The fourth-order valence-corrected chi connectivity index (χ4v) is 1.74. The van der Waals surface area contributed by atoms with Crippen molar-refractivity contribution in [2.24, 2.45) is 5.73 Å². The van der Waals surface area contributed by atoms with Crippen LogP contribution in [0.3, 0.4) is 0 Å². The van der Waals surface area contributed by atoms with Gasteiger partial charge in [-0.25, -0.2) is 4.98 Å². The van der Waals surface area contributed by atoms with Gasteiger partial charge in [0, 0.05) is 18.1 Å². The minimum atomic E-state index is -0.256. The topological polar surface area (TPSA) is 84.7 Å². The monoisotopic (exact) mass is 228 g/mol. The van der Waals surface area contributed by atoms with Crippen molar-refractivity contribution in [3.8, 4) is 0 Å². The van der Waals surface area contributed by atoms with Crippen molar-refractivity contribution in [3.63, 3.8) is 0 Å². The fraction of sp³-hybridized carbons (Fsp3) is 0.667. The number of hydrogen-bond acceptors (Lipinski definition) is 4. The van der Waals surface area contributed by atoms with Gasteiger partial charge in [-0.1, -0.05) is 25.6 Å². The van der Waals surface area contributed by atoms with Gasteiger partial charge in [-0.05, 0) is 6.42 Å². The molecular weight excluding hydrogens is 212 g/mol. The van der Waals surface area contributed by atoms with Gasteiger partial charge in [-0.3, -0.25) is 9.89 Å². The Bertz CT molecular complexity index is 324. The Morgan fingerprint density at radius 1 is 1.60 bits per heavy atom. The van der Waals surface area contributed by atoms with E-state index >= 15 is 0 Å². The summed E-state index contributed by atoms with van der Waals surface area (Å²) in [5, 5.41) is 7.69. The number of nitrogens with one attached hydrogen (secondary N) is 1. The summed E-state index contributed by atoms with van der Waals surface area (Å²) in [7, 11) is 0. The summed E-state index contributed by atoms with van der Waals surface area (Å²) < 4.78 is 0. The van der Waals surface area contributed by atoms with Crippen LogP contribution in [0.15, 0.2) is 5.16 Å². The van der Waals surface area contributed by atoms with E-state index in [1.165, 1.54) is 11.8 Å². The molecule has 0 aromatic carbocycles. The lowest BCUT2D eigenvalue weighted by atomic mass is 10.2. The molecule has 6 heteroatoms. The van der Waals surface area contributed by atoms with Crippen LogP contribution >= 0.6 is 11.8 Å². The third-order valence-corrected chi connectivity index (χ3v) is 2.76. The van der Waals surface area contributed by atoms with E-state index in [1.54, 1.807) is 0 Å². The molecule has 1 amide bonds. The molecule has 0 aliphatic heterocycles. The van der Waals surface area contributed by atoms with Crippen LogP contribution in [0.25, 0.3) is 0 Å². The molecule has 3 N–H and O–H groups in total. The Morgan fingerprint density at radius 2 is 2.33 bits per heavy atom. The number of carbonyl (C=O) groups excluding carboxylic acids is 1. The Morgan fingerprint density at radius 3 is 2.87 bits per heavy atom. The van der Waals surface area contributed by atoms with Gasteiger partial charge in [0.15, 0.2) is 0 Å². The van der Waals surface area contributed by atoms with E-state index in [-0.39, 0.29) is 5.91 Å². The second kappa shape index (κ2) is 5.75. The first-order chi connectivity index (χ1) is 7.09. The van der Waals surface area contributed by atoms with E-state index in [4.69, 9.17) is 5.73 Å². The van der Waals surface area contributed by atoms with Crippen molar-refractivity contribution in [3.05, 3.63) is 5.82 Å². The maximum Gasteiger partial charge on any atom is 0.217 e. The van der Waals surface area contributed by atoms with Gasteiger partial charge in [-0.2, -0.15) is 0 Å². The van der Waals surface area contributed by atoms with Crippen molar-refractivity contribution >= 4 is 17.7 Å². The molecule has 0 spiro atoms. The molecule has 84 valence electrons. The number of primary amides is 1. The van der Waals surface area contributed by atoms with Crippen LogP contribution in [-0.2, 0) is 4.79 Å². The summed E-state index contributed by atoms with van der Waals surface area (Å²) in [6, 6.07) is 0. The summed E-state index contributed by atoms with van der Waals surface area (Å²) in [6.45, 7) is 4.12. The predicted molar refractivity (Wildman–Crippen MR) is 59.6 cm³/mol. The minimum absolute atomic E-state index is 0.256. The van der Waals surface area contributed by atoms with Crippen LogP contribution in [0, 0.1) is 0 Å². The van der Waals surface area contributed by atoms with E-state index in [1.807, 2.05) is 0 Å². The van der Waals surface area contributed by atoms with Crippen LogP contribution < -0.4 is 5.73 Å². The average molecular weight is 228 g/mol. The Labute approximate surface area is 93.2 Å². The number of nitrogens with two attached hydrogens (primary N) is 1. The molecule has 1 rings (SSSR count). The SMILES string of the molecule is CC(C)c1nc(SCCCC(N)=O)n[nH]1. The lowest BCUT2D eigenvalue weighted by Crippen LogP contribution is -2.09. The molecule has 1 heterocycles. The fourth-order valence-electron chi connectivity index (χ4n) is 0.991. The van der Waals surface area contributed by atoms with Crippen LogP contribution in [0.2, 0.25) is 0 Å². The first kappa shape index (κ1) is 12.0. The molecule has 1 aromatic rings. The number of aromatic amines is 1. The van der Waals surface area contributed by atoms with Crippen LogP contribution in [0.4, 0.5) is 0 Å². The molecule has 15 heavy (non-hydrogen) atoms. The maximum absolute atomic E-state index is 10.5. The molecule has 0 fully saturated rings. The van der Waals surface area contributed by atoms with Gasteiger partial charge in [0.1, 0.15) is 5.82 Å². The zero-order valence-corrected chi connectivity index (χ0v) is 9.80. The van der Waals surface area contributed by atoms with Gasteiger partial charge < -0.3 is 5.73 Å². The number of nitrogens with zero attached hydrogens (tertiary/aromatic N) is 2. The second-order valence-electron chi connectivity index (χ2n) is 3.58. The predicted octanol–water partition coefficient (Wildman–Crippen LogP) is 1.29. The lowest BCUT2D eigenvalue weighted by molar-refractivity contribution is -0.118. The van der Waals surface area contributed by atoms with E-state index in [9.17, 15) is 4.79 Å². The quantitative estimate of drug-likeness (QED) is 0.567. The van der Waals surface area contributed by atoms with Gasteiger partial charge in [-0.15, -0.1) is 5.10 Å². The first-order valence-corrected chi connectivity index (χ1v) is 5.91. The number of amides is 1. The molecule has 0 unspecified atom stereocenters. The van der Waals surface area contributed by atoms with E-state index in [0.717, 1.165) is 23.2 Å². The number of hydrogen-bond donors (Lipinski definition) is 2. The normalized spacial score (nSPS) is 10.9. The summed E-state index contributed by atoms with van der Waals surface area (Å²) in [6.07, 6.45) is 1.19. The standard InChI is InChI=1S/C9H16N4OS/c1-6(2)8-11-9(13-12-8)15-5-3-4-7(10)14/h6H,3-5H2,1-2H3,(H2,10,14)(H,11,12,13). The molecule has 0 atom stereocenters. The number of rotatable bonds is 6. The van der Waals surface area contributed by atoms with Crippen molar-refractivity contribution in [1.82, 2.24) is 15.2 Å². The summed E-state index contributed by atoms with van der Waals surface area (Å²) >= 11 is 1.54. The third kappa shape index (κ3) is 4.33. The lowest BCUT2D eigenvalue weighted by Gasteiger charge is -1.96. The number of thioether (sulfide) groups is 1. The van der Waals surface area contributed by atoms with E-state index in [0.29, 0.717) is 12.3 Å². The largest absolute Gasteiger partial charge is 0.370 e. The number of aromatic nitrogens is 3. The summed E-state index contributed by atoms with van der Waals surface area (Å²) in [5.74, 6) is 1.82. The highest BCUT2D eigenvalue weighted by atomic mass is 32.2. The number of carbonyl (C=O) groups is 1. The molecule has 0 aliphatic carbocycles. The molecule has 1 aromatic heterocycles. The third-order valence-electron chi connectivity index (χ3n) is 1.83. The molecule has 0 saturated heterocycles. The van der Waals surface area contributed by atoms with Gasteiger partial charge in [0.2, 0.25) is 11.1 Å². The molecule has 0 saturated carbocycles. The molecular formula is C9H16N4OS. The van der Waals surface area contributed by atoms with Crippen molar-refractivity contribution in [2.75, 3.05) is 5.75 Å². The highest BCUT2D eigenvalue weighted by molar-refractivity contribution is 7.99. The smallest absolute Gasteiger partial charge is 0.217 e. The zero-order chi connectivity index (χ0) is 11.3. The zero-order valence-electron chi connectivity index (χ0n) is 8.99. The van der Waals surface area contributed by atoms with E-state index in [2.05, 4.69) is 29.0 Å². The summed E-state index contributed by atoms with van der Waals surface area (Å²) in [5.41, 5.74) is 5.03. The minimum Gasteiger partial charge on any atom is -0.370 e. The van der Waals surface area contributed by atoms with Gasteiger partial charge >= 0.3 is 0 Å². The Kier molecular flexibility index (Phi) is 4.61. The van der Waals surface area contributed by atoms with E-state index < -0.39 is 0 Å². The number of H-pyrrole nitrogens is 1. The van der Waals surface area contributed by atoms with Crippen molar-refractivity contribution in [1.29, 1.82) is 0 Å². The van der Waals surface area contributed by atoms with Crippen molar-refractivity contribution in [2.45, 2.75) is 37.8 Å².